The van der Waals surface area contributed by atoms with Crippen LogP contribution in [0.25, 0.3) is 0 Å². The number of carbonyl (C=O) groups excluding carboxylic acids is 1. The highest BCUT2D eigenvalue weighted by molar-refractivity contribution is 5.89. The lowest BCUT2D eigenvalue weighted by Crippen LogP contribution is -2.29. The van der Waals surface area contributed by atoms with Crippen LogP contribution in [0.15, 0.2) is 24.3 Å². The van der Waals surface area contributed by atoms with Crippen molar-refractivity contribution in [1.82, 2.24) is 5.32 Å². The summed E-state index contributed by atoms with van der Waals surface area (Å²) in [7, 11) is 0. The molecular formula is C14H22N2O2. The second kappa shape index (κ2) is 7.71. The van der Waals surface area contributed by atoms with Crippen molar-refractivity contribution in [2.24, 2.45) is 0 Å². The van der Waals surface area contributed by atoms with Gasteiger partial charge in [0.2, 0.25) is 0 Å². The van der Waals surface area contributed by atoms with Gasteiger partial charge in [-0.3, -0.25) is 0 Å². The van der Waals surface area contributed by atoms with Gasteiger partial charge < -0.3 is 15.7 Å². The molecule has 1 unspecified atom stereocenters. The molecule has 0 aromatic heterocycles. The lowest BCUT2D eigenvalue weighted by Gasteiger charge is -2.10. The smallest absolute Gasteiger partial charge is 0.319 e. The van der Waals surface area contributed by atoms with Gasteiger partial charge >= 0.3 is 6.03 Å². The highest BCUT2D eigenvalue weighted by atomic mass is 16.3. The Bertz CT molecular complexity index is 378. The van der Waals surface area contributed by atoms with Crippen molar-refractivity contribution in [3.8, 4) is 0 Å². The minimum atomic E-state index is -0.528. The van der Waals surface area contributed by atoms with Crippen molar-refractivity contribution in [2.45, 2.75) is 39.2 Å². The van der Waals surface area contributed by atoms with E-state index in [1.807, 2.05) is 12.1 Å². The molecule has 1 aromatic carbocycles. The number of aliphatic hydroxyl groups is 1. The Morgan fingerprint density at radius 1 is 1.39 bits per heavy atom. The maximum Gasteiger partial charge on any atom is 0.319 e. The molecule has 0 saturated carbocycles. The summed E-state index contributed by atoms with van der Waals surface area (Å²) in [6, 6.07) is 7.02. The van der Waals surface area contributed by atoms with Crippen LogP contribution in [0, 0.1) is 0 Å². The summed E-state index contributed by atoms with van der Waals surface area (Å²) < 4.78 is 0. The number of hydrogen-bond donors (Lipinski definition) is 3. The number of hydrogen-bond acceptors (Lipinski definition) is 2. The predicted molar refractivity (Wildman–Crippen MR) is 73.6 cm³/mol. The third-order valence-corrected chi connectivity index (χ3v) is 2.69. The van der Waals surface area contributed by atoms with Crippen LogP contribution in [0.1, 0.15) is 44.8 Å². The van der Waals surface area contributed by atoms with E-state index in [0.717, 1.165) is 24.8 Å². The van der Waals surface area contributed by atoms with Crippen molar-refractivity contribution in [3.05, 3.63) is 29.8 Å². The van der Waals surface area contributed by atoms with Crippen LogP contribution in [0.2, 0.25) is 0 Å². The zero-order valence-electron chi connectivity index (χ0n) is 11.1. The zero-order valence-corrected chi connectivity index (χ0v) is 11.1. The van der Waals surface area contributed by atoms with E-state index in [1.165, 1.54) is 0 Å². The Kier molecular flexibility index (Phi) is 6.22. The molecule has 100 valence electrons. The summed E-state index contributed by atoms with van der Waals surface area (Å²) in [5, 5.41) is 15.0. The number of unbranched alkanes of at least 4 members (excludes halogenated alkanes) is 2. The molecule has 0 radical (unpaired) electrons. The lowest BCUT2D eigenvalue weighted by atomic mass is 10.1. The summed E-state index contributed by atoms with van der Waals surface area (Å²) in [5.41, 5.74) is 1.49. The summed E-state index contributed by atoms with van der Waals surface area (Å²) in [6.45, 7) is 4.52. The molecule has 1 rings (SSSR count). The minimum Gasteiger partial charge on any atom is -0.389 e. The number of urea groups is 1. The van der Waals surface area contributed by atoms with E-state index in [4.69, 9.17) is 0 Å². The zero-order chi connectivity index (χ0) is 13.4. The van der Waals surface area contributed by atoms with Crippen molar-refractivity contribution in [1.29, 1.82) is 0 Å². The Labute approximate surface area is 108 Å². The molecule has 0 heterocycles. The van der Waals surface area contributed by atoms with Gasteiger partial charge in [-0.05, 0) is 31.0 Å². The Morgan fingerprint density at radius 2 is 2.17 bits per heavy atom. The van der Waals surface area contributed by atoms with E-state index in [0.29, 0.717) is 12.2 Å². The summed E-state index contributed by atoms with van der Waals surface area (Å²) in [5.74, 6) is 0. The van der Waals surface area contributed by atoms with Gasteiger partial charge in [-0.15, -0.1) is 0 Å². The second-order valence-electron chi connectivity index (χ2n) is 4.39. The number of rotatable bonds is 6. The van der Waals surface area contributed by atoms with Crippen LogP contribution >= 0.6 is 0 Å². The van der Waals surface area contributed by atoms with Gasteiger partial charge in [-0.2, -0.15) is 0 Å². The maximum atomic E-state index is 11.6. The number of carbonyl (C=O) groups is 1. The number of amides is 2. The third kappa shape index (κ3) is 5.19. The highest BCUT2D eigenvalue weighted by Gasteiger charge is 2.04. The molecule has 18 heavy (non-hydrogen) atoms. The van der Waals surface area contributed by atoms with Gasteiger partial charge in [0.1, 0.15) is 0 Å². The molecule has 0 aliphatic rings. The molecule has 4 heteroatoms. The topological polar surface area (TPSA) is 61.4 Å². The fraction of sp³-hybridized carbons (Fsp3) is 0.500. The van der Waals surface area contributed by atoms with Crippen LogP contribution in [-0.4, -0.2) is 17.7 Å². The van der Waals surface area contributed by atoms with Gasteiger partial charge in [0.15, 0.2) is 0 Å². The van der Waals surface area contributed by atoms with Crippen molar-refractivity contribution < 1.29 is 9.90 Å². The number of benzene rings is 1. The second-order valence-corrected chi connectivity index (χ2v) is 4.39. The van der Waals surface area contributed by atoms with Crippen LogP contribution in [0.3, 0.4) is 0 Å². The summed E-state index contributed by atoms with van der Waals surface area (Å²) in [6.07, 6.45) is 2.73. The Morgan fingerprint density at radius 3 is 2.83 bits per heavy atom. The SMILES string of the molecule is CCCCCNC(=O)Nc1cccc(C(C)O)c1. The van der Waals surface area contributed by atoms with E-state index in [2.05, 4.69) is 17.6 Å². The van der Waals surface area contributed by atoms with Crippen molar-refractivity contribution in [3.63, 3.8) is 0 Å². The monoisotopic (exact) mass is 250 g/mol. The molecular weight excluding hydrogens is 228 g/mol. The summed E-state index contributed by atoms with van der Waals surface area (Å²) >= 11 is 0. The molecule has 1 aromatic rings. The fourth-order valence-corrected chi connectivity index (χ4v) is 1.63. The number of nitrogens with one attached hydrogen (secondary N) is 2. The first kappa shape index (κ1) is 14.5. The lowest BCUT2D eigenvalue weighted by molar-refractivity contribution is 0.199. The van der Waals surface area contributed by atoms with E-state index in [9.17, 15) is 9.90 Å². The molecule has 4 nitrogen and oxygen atoms in total. The third-order valence-electron chi connectivity index (χ3n) is 2.69. The van der Waals surface area contributed by atoms with E-state index in [-0.39, 0.29) is 6.03 Å². The molecule has 0 aliphatic heterocycles. The van der Waals surface area contributed by atoms with Crippen LogP contribution in [0.5, 0.6) is 0 Å². The average Bonchev–Trinajstić information content (AvgIpc) is 2.35. The van der Waals surface area contributed by atoms with Crippen molar-refractivity contribution in [2.75, 3.05) is 11.9 Å². The molecule has 0 bridgehead atoms. The van der Waals surface area contributed by atoms with E-state index < -0.39 is 6.10 Å². The first-order valence-electron chi connectivity index (χ1n) is 6.46. The fourth-order valence-electron chi connectivity index (χ4n) is 1.63. The molecule has 1 atom stereocenters. The average molecular weight is 250 g/mol. The first-order chi connectivity index (χ1) is 8.63. The van der Waals surface area contributed by atoms with Gasteiger partial charge in [0.05, 0.1) is 6.10 Å². The molecule has 0 aliphatic carbocycles. The van der Waals surface area contributed by atoms with Crippen molar-refractivity contribution >= 4 is 11.7 Å². The first-order valence-corrected chi connectivity index (χ1v) is 6.46. The maximum absolute atomic E-state index is 11.6. The molecule has 3 N–H and O–H groups in total. The van der Waals surface area contributed by atoms with Crippen LogP contribution in [0.4, 0.5) is 10.5 Å². The van der Waals surface area contributed by atoms with Gasteiger partial charge in [-0.25, -0.2) is 4.79 Å². The number of aliphatic hydroxyl groups excluding tert-OH is 1. The summed E-state index contributed by atoms with van der Waals surface area (Å²) in [4.78, 5) is 11.6. The molecule has 0 spiro atoms. The van der Waals surface area contributed by atoms with E-state index >= 15 is 0 Å². The highest BCUT2D eigenvalue weighted by Crippen LogP contribution is 2.16. The van der Waals surface area contributed by atoms with Gasteiger partial charge in [0.25, 0.3) is 0 Å². The minimum absolute atomic E-state index is 0.200. The standard InChI is InChI=1S/C14H22N2O2/c1-3-4-5-9-15-14(18)16-13-8-6-7-12(10-13)11(2)17/h6-8,10-11,17H,3-5,9H2,1-2H3,(H2,15,16,18). The van der Waals surface area contributed by atoms with Crippen LogP contribution in [-0.2, 0) is 0 Å². The molecule has 0 saturated heterocycles. The van der Waals surface area contributed by atoms with Gasteiger partial charge in [0, 0.05) is 12.2 Å². The molecule has 2 amide bonds. The largest absolute Gasteiger partial charge is 0.389 e. The predicted octanol–water partition coefficient (Wildman–Crippen LogP) is 3.05. The molecule has 0 fully saturated rings. The Balaban J connectivity index is 2.41. The van der Waals surface area contributed by atoms with E-state index in [1.54, 1.807) is 19.1 Å². The quantitative estimate of drug-likeness (QED) is 0.679. The normalized spacial score (nSPS) is 11.9. The number of anilines is 1. The van der Waals surface area contributed by atoms with Crippen LogP contribution < -0.4 is 10.6 Å². The van der Waals surface area contributed by atoms with Gasteiger partial charge in [-0.1, -0.05) is 31.9 Å². The Hall–Kier alpha value is -1.55.